The van der Waals surface area contributed by atoms with Gasteiger partial charge in [-0.15, -0.1) is 0 Å². The quantitative estimate of drug-likeness (QED) is 0.924. The van der Waals surface area contributed by atoms with Crippen LogP contribution < -0.4 is 15.6 Å². The molecule has 1 amide bonds. The van der Waals surface area contributed by atoms with Crippen molar-refractivity contribution in [2.75, 3.05) is 12.4 Å². The maximum Gasteiger partial charge on any atom is 0.261 e. The second-order valence-corrected chi connectivity index (χ2v) is 5.97. The Labute approximate surface area is 143 Å². The number of ether oxygens (including phenoxy) is 1. The fraction of sp³-hybridized carbons (Fsp3) is 0.294. The zero-order valence-corrected chi connectivity index (χ0v) is 13.8. The fourth-order valence-electron chi connectivity index (χ4n) is 2.91. The molecular formula is C17H16ClFN2O3. The molecule has 7 heteroatoms. The number of halogens is 2. The number of hydrogen-bond acceptors (Lipinski definition) is 3. The maximum atomic E-state index is 13.6. The second-order valence-electron chi connectivity index (χ2n) is 5.56. The summed E-state index contributed by atoms with van der Waals surface area (Å²) in [5, 5.41) is 2.62. The average molecular weight is 351 g/mol. The minimum Gasteiger partial charge on any atom is -0.496 e. The van der Waals surface area contributed by atoms with Gasteiger partial charge in [0.15, 0.2) is 0 Å². The molecule has 0 bridgehead atoms. The van der Waals surface area contributed by atoms with Gasteiger partial charge in [0, 0.05) is 24.0 Å². The zero-order valence-electron chi connectivity index (χ0n) is 13.1. The summed E-state index contributed by atoms with van der Waals surface area (Å²) in [4.78, 5) is 24.9. The first kappa shape index (κ1) is 16.5. The Kier molecular flexibility index (Phi) is 4.57. The fourth-order valence-corrected chi connectivity index (χ4v) is 3.03. The zero-order chi connectivity index (χ0) is 17.3. The van der Waals surface area contributed by atoms with Gasteiger partial charge in [0.1, 0.15) is 17.1 Å². The molecule has 1 aliphatic heterocycles. The summed E-state index contributed by atoms with van der Waals surface area (Å²) in [5.41, 5.74) is 1.06. The predicted octanol–water partition coefficient (Wildman–Crippen LogP) is 3.24. The number of aromatic nitrogens is 1. The molecule has 5 nitrogen and oxygen atoms in total. The summed E-state index contributed by atoms with van der Waals surface area (Å²) in [5.74, 6) is -0.841. The third-order valence-electron chi connectivity index (χ3n) is 4.05. The summed E-state index contributed by atoms with van der Waals surface area (Å²) >= 11 is 5.65. The van der Waals surface area contributed by atoms with Crippen molar-refractivity contribution < 1.29 is 13.9 Å². The number of hydrogen-bond donors (Lipinski definition) is 1. The number of carbonyl (C=O) groups excluding carboxylic acids is 1. The van der Waals surface area contributed by atoms with Crippen LogP contribution in [0.4, 0.5) is 10.1 Å². The van der Waals surface area contributed by atoms with E-state index in [4.69, 9.17) is 16.3 Å². The number of pyridine rings is 1. The van der Waals surface area contributed by atoms with E-state index in [-0.39, 0.29) is 22.0 Å². The van der Waals surface area contributed by atoms with Crippen LogP contribution in [-0.2, 0) is 13.0 Å². The van der Waals surface area contributed by atoms with E-state index >= 15 is 0 Å². The number of anilines is 1. The molecule has 0 spiro atoms. The average Bonchev–Trinajstić information content (AvgIpc) is 2.58. The first-order chi connectivity index (χ1) is 11.5. The van der Waals surface area contributed by atoms with Crippen molar-refractivity contribution in [2.24, 2.45) is 0 Å². The lowest BCUT2D eigenvalue weighted by molar-refractivity contribution is 0.102. The van der Waals surface area contributed by atoms with E-state index in [2.05, 4.69) is 5.32 Å². The van der Waals surface area contributed by atoms with Crippen LogP contribution in [0.25, 0.3) is 0 Å². The molecule has 24 heavy (non-hydrogen) atoms. The van der Waals surface area contributed by atoms with Crippen molar-refractivity contribution in [1.29, 1.82) is 0 Å². The third kappa shape index (κ3) is 3.01. The third-order valence-corrected chi connectivity index (χ3v) is 4.36. The van der Waals surface area contributed by atoms with E-state index in [0.717, 1.165) is 18.9 Å². The largest absolute Gasteiger partial charge is 0.496 e. The standard InChI is InChI=1S/C17H16ClFN2O3/c1-24-14-9-15(22)21-7-3-2-4-13(21)16(14)17(23)20-10-5-6-11(18)12(19)8-10/h5-6,8-9H,2-4,7H2,1H3,(H,20,23). The minimum atomic E-state index is -0.618. The Balaban J connectivity index is 2.02. The van der Waals surface area contributed by atoms with Gasteiger partial charge >= 0.3 is 0 Å². The Morgan fingerprint density at radius 3 is 2.83 bits per heavy atom. The number of nitrogens with one attached hydrogen (secondary N) is 1. The Hall–Kier alpha value is -2.34. The number of carbonyl (C=O) groups is 1. The van der Waals surface area contributed by atoms with Crippen molar-refractivity contribution in [3.63, 3.8) is 0 Å². The molecule has 2 aromatic rings. The molecule has 0 saturated heterocycles. The minimum absolute atomic E-state index is 0.0192. The van der Waals surface area contributed by atoms with Crippen LogP contribution in [0.2, 0.25) is 5.02 Å². The van der Waals surface area contributed by atoms with Gasteiger partial charge in [-0.25, -0.2) is 4.39 Å². The van der Waals surface area contributed by atoms with Crippen LogP contribution in [0.15, 0.2) is 29.1 Å². The lowest BCUT2D eigenvalue weighted by Crippen LogP contribution is -2.30. The van der Waals surface area contributed by atoms with E-state index in [1.54, 1.807) is 4.57 Å². The summed E-state index contributed by atoms with van der Waals surface area (Å²) in [6.07, 6.45) is 2.40. The summed E-state index contributed by atoms with van der Waals surface area (Å²) in [7, 11) is 1.41. The van der Waals surface area contributed by atoms with Crippen molar-refractivity contribution in [2.45, 2.75) is 25.8 Å². The number of benzene rings is 1. The number of methoxy groups -OCH3 is 1. The summed E-state index contributed by atoms with van der Waals surface area (Å²) < 4.78 is 20.4. The Bertz CT molecular complexity index is 864. The topological polar surface area (TPSA) is 60.3 Å². The molecule has 2 heterocycles. The predicted molar refractivity (Wildman–Crippen MR) is 89.6 cm³/mol. The summed E-state index contributed by atoms with van der Waals surface area (Å²) in [6, 6.07) is 5.34. The van der Waals surface area contributed by atoms with Crippen LogP contribution in [-0.4, -0.2) is 17.6 Å². The molecule has 0 aliphatic carbocycles. The monoisotopic (exact) mass is 350 g/mol. The highest BCUT2D eigenvalue weighted by Gasteiger charge is 2.24. The number of amides is 1. The van der Waals surface area contributed by atoms with Crippen LogP contribution in [0.5, 0.6) is 5.75 Å². The van der Waals surface area contributed by atoms with Gasteiger partial charge in [-0.3, -0.25) is 9.59 Å². The normalized spacial score (nSPS) is 13.3. The van der Waals surface area contributed by atoms with Gasteiger partial charge in [-0.05, 0) is 37.5 Å². The highest BCUT2D eigenvalue weighted by atomic mass is 35.5. The van der Waals surface area contributed by atoms with Gasteiger partial charge in [0.25, 0.3) is 11.5 Å². The Morgan fingerprint density at radius 1 is 1.33 bits per heavy atom. The maximum absolute atomic E-state index is 13.6. The Morgan fingerprint density at radius 2 is 2.12 bits per heavy atom. The molecule has 3 rings (SSSR count). The molecule has 1 aromatic heterocycles. The van der Waals surface area contributed by atoms with Gasteiger partial charge < -0.3 is 14.6 Å². The van der Waals surface area contributed by atoms with E-state index in [9.17, 15) is 14.0 Å². The van der Waals surface area contributed by atoms with Crippen molar-refractivity contribution in [3.05, 3.63) is 56.7 Å². The van der Waals surface area contributed by atoms with E-state index < -0.39 is 11.7 Å². The van der Waals surface area contributed by atoms with Gasteiger partial charge in [-0.2, -0.15) is 0 Å². The second kappa shape index (κ2) is 6.65. The van der Waals surface area contributed by atoms with E-state index in [0.29, 0.717) is 24.2 Å². The number of fused-ring (bicyclic) bond motifs is 1. The van der Waals surface area contributed by atoms with Crippen molar-refractivity contribution in [1.82, 2.24) is 4.57 Å². The molecule has 0 radical (unpaired) electrons. The first-order valence-corrected chi connectivity index (χ1v) is 7.96. The van der Waals surface area contributed by atoms with Gasteiger partial charge in [0.05, 0.1) is 12.1 Å². The lowest BCUT2D eigenvalue weighted by atomic mass is 10.0. The molecule has 1 N–H and O–H groups in total. The summed E-state index contributed by atoms with van der Waals surface area (Å²) in [6.45, 7) is 0.577. The van der Waals surface area contributed by atoms with Crippen LogP contribution in [0.1, 0.15) is 28.9 Å². The lowest BCUT2D eigenvalue weighted by Gasteiger charge is -2.22. The molecule has 1 aromatic carbocycles. The number of nitrogens with zero attached hydrogens (tertiary/aromatic N) is 1. The van der Waals surface area contributed by atoms with E-state index in [1.165, 1.54) is 25.3 Å². The highest BCUT2D eigenvalue weighted by molar-refractivity contribution is 6.30. The van der Waals surface area contributed by atoms with Gasteiger partial charge in [-0.1, -0.05) is 11.6 Å². The van der Waals surface area contributed by atoms with E-state index in [1.807, 2.05) is 0 Å². The molecule has 126 valence electrons. The number of rotatable bonds is 3. The molecule has 0 unspecified atom stereocenters. The molecule has 0 saturated carbocycles. The van der Waals surface area contributed by atoms with Crippen LogP contribution >= 0.6 is 11.6 Å². The molecule has 1 aliphatic rings. The molecule has 0 fully saturated rings. The van der Waals surface area contributed by atoms with Gasteiger partial charge in [0.2, 0.25) is 0 Å². The van der Waals surface area contributed by atoms with Crippen LogP contribution in [0.3, 0.4) is 0 Å². The van der Waals surface area contributed by atoms with Crippen molar-refractivity contribution in [3.8, 4) is 5.75 Å². The highest BCUT2D eigenvalue weighted by Crippen LogP contribution is 2.26. The molecule has 0 atom stereocenters. The molecular weight excluding hydrogens is 335 g/mol. The SMILES string of the molecule is COc1cc(=O)n2c(c1C(=O)Nc1ccc(Cl)c(F)c1)CCCC2. The van der Waals surface area contributed by atoms with Crippen LogP contribution in [0, 0.1) is 5.82 Å². The van der Waals surface area contributed by atoms with Crippen molar-refractivity contribution >= 4 is 23.2 Å². The first-order valence-electron chi connectivity index (χ1n) is 7.58. The smallest absolute Gasteiger partial charge is 0.261 e.